The molecule has 1 aromatic carbocycles. The van der Waals surface area contributed by atoms with E-state index in [4.69, 9.17) is 16.6 Å². The highest BCUT2D eigenvalue weighted by Crippen LogP contribution is 2.34. The molecule has 0 fully saturated rings. The van der Waals surface area contributed by atoms with Crippen LogP contribution < -0.4 is 0 Å². The second kappa shape index (κ2) is 9.47. The molecule has 4 aromatic rings. The molecular formula is C22H21ClN4S3. The Morgan fingerprint density at radius 1 is 1.17 bits per heavy atom. The summed E-state index contributed by atoms with van der Waals surface area (Å²) in [5, 5.41) is 15.8. The van der Waals surface area contributed by atoms with Crippen molar-refractivity contribution in [1.29, 1.82) is 0 Å². The Labute approximate surface area is 193 Å². The first-order valence-corrected chi connectivity index (χ1v) is 12.7. The minimum atomic E-state index is 0.671. The van der Waals surface area contributed by atoms with Crippen LogP contribution in [-0.2, 0) is 18.7 Å². The second-order valence-corrected chi connectivity index (χ2v) is 9.95. The molecule has 0 N–H and O–H groups in total. The lowest BCUT2D eigenvalue weighted by Gasteiger charge is -2.08. The Hall–Kier alpha value is -1.93. The van der Waals surface area contributed by atoms with Crippen LogP contribution in [0.3, 0.4) is 0 Å². The fourth-order valence-corrected chi connectivity index (χ4v) is 6.29. The maximum Gasteiger partial charge on any atom is 0.192 e. The zero-order chi connectivity index (χ0) is 21.1. The van der Waals surface area contributed by atoms with Gasteiger partial charge < -0.3 is 0 Å². The number of allylic oxidation sites excluding steroid dienone is 1. The molecule has 0 spiro atoms. The van der Waals surface area contributed by atoms with E-state index >= 15 is 0 Å². The molecule has 0 radical (unpaired) electrons. The van der Waals surface area contributed by atoms with Crippen LogP contribution in [0, 0.1) is 6.92 Å². The number of hydrogen-bond acceptors (Lipinski definition) is 6. The van der Waals surface area contributed by atoms with Crippen LogP contribution >= 0.6 is 46.0 Å². The van der Waals surface area contributed by atoms with Crippen molar-refractivity contribution in [3.8, 4) is 22.0 Å². The first kappa shape index (κ1) is 21.3. The highest BCUT2D eigenvalue weighted by atomic mass is 35.5. The van der Waals surface area contributed by atoms with E-state index in [0.29, 0.717) is 6.54 Å². The van der Waals surface area contributed by atoms with Crippen LogP contribution in [0.1, 0.15) is 23.1 Å². The lowest BCUT2D eigenvalue weighted by atomic mass is 10.1. The first-order chi connectivity index (χ1) is 14.6. The van der Waals surface area contributed by atoms with Crippen LogP contribution in [0.25, 0.3) is 22.0 Å². The topological polar surface area (TPSA) is 43.6 Å². The van der Waals surface area contributed by atoms with Crippen LogP contribution in [0.4, 0.5) is 0 Å². The van der Waals surface area contributed by atoms with E-state index in [9.17, 15) is 0 Å². The Bertz CT molecular complexity index is 1170. The molecule has 0 atom stereocenters. The van der Waals surface area contributed by atoms with E-state index in [2.05, 4.69) is 46.0 Å². The van der Waals surface area contributed by atoms with Gasteiger partial charge in [-0.25, -0.2) is 4.98 Å². The fraction of sp³-hybridized carbons (Fsp3) is 0.227. The van der Waals surface area contributed by atoms with Gasteiger partial charge in [0.1, 0.15) is 5.01 Å². The number of thioether (sulfide) groups is 1. The number of halogens is 1. The summed E-state index contributed by atoms with van der Waals surface area (Å²) in [6.45, 7) is 8.93. The van der Waals surface area contributed by atoms with Crippen LogP contribution in [0.2, 0.25) is 5.02 Å². The molecule has 8 heteroatoms. The van der Waals surface area contributed by atoms with Crippen LogP contribution in [-0.4, -0.2) is 19.7 Å². The molecule has 0 aliphatic carbocycles. The standard InChI is InChI=1S/C22H21ClN4S3/c1-4-10-27-20(18-13-28-14(3)16(18)5-2)25-26-22(27)30-12-15-11-29-21(24-15)17-8-6-7-9-19(17)23/h4,6-9,11,13H,1,5,10,12H2,2-3H3. The maximum absolute atomic E-state index is 6.32. The number of thiophene rings is 1. The van der Waals surface area contributed by atoms with Gasteiger partial charge in [-0.1, -0.05) is 54.6 Å². The summed E-state index contributed by atoms with van der Waals surface area (Å²) in [7, 11) is 0. The highest BCUT2D eigenvalue weighted by molar-refractivity contribution is 7.98. The molecule has 4 rings (SSSR count). The number of rotatable bonds is 8. The summed E-state index contributed by atoms with van der Waals surface area (Å²) in [6.07, 6.45) is 2.87. The summed E-state index contributed by atoms with van der Waals surface area (Å²) >= 11 is 11.3. The lowest BCUT2D eigenvalue weighted by Crippen LogP contribution is -2.01. The number of aromatic nitrogens is 4. The van der Waals surface area contributed by atoms with E-state index in [-0.39, 0.29) is 0 Å². The highest BCUT2D eigenvalue weighted by Gasteiger charge is 2.19. The van der Waals surface area contributed by atoms with E-state index < -0.39 is 0 Å². The van der Waals surface area contributed by atoms with Gasteiger partial charge in [0, 0.05) is 39.1 Å². The summed E-state index contributed by atoms with van der Waals surface area (Å²) in [5.74, 6) is 1.63. The molecular weight excluding hydrogens is 452 g/mol. The molecule has 0 saturated carbocycles. The third-order valence-electron chi connectivity index (χ3n) is 4.73. The fourth-order valence-electron chi connectivity index (χ4n) is 3.26. The van der Waals surface area contributed by atoms with E-state index in [1.807, 2.05) is 30.3 Å². The van der Waals surface area contributed by atoms with Gasteiger partial charge in [-0.05, 0) is 25.0 Å². The molecule has 0 bridgehead atoms. The van der Waals surface area contributed by atoms with Gasteiger partial charge in [0.05, 0.1) is 10.7 Å². The van der Waals surface area contributed by atoms with Crippen LogP contribution in [0.15, 0.2) is 52.8 Å². The van der Waals surface area contributed by atoms with Crippen molar-refractivity contribution >= 4 is 46.0 Å². The number of aryl methyl sites for hydroxylation is 1. The zero-order valence-corrected chi connectivity index (χ0v) is 20.0. The predicted octanol–water partition coefficient (Wildman–Crippen LogP) is 7.13. The minimum absolute atomic E-state index is 0.671. The molecule has 4 nitrogen and oxygen atoms in total. The lowest BCUT2D eigenvalue weighted by molar-refractivity contribution is 0.730. The third-order valence-corrected chi connectivity index (χ3v) is 7.94. The van der Waals surface area contributed by atoms with Gasteiger partial charge in [0.2, 0.25) is 0 Å². The SMILES string of the molecule is C=CCn1c(SCc2csc(-c3ccccc3Cl)n2)nnc1-c1csc(C)c1CC. The summed E-state index contributed by atoms with van der Waals surface area (Å²) < 4.78 is 2.14. The van der Waals surface area contributed by atoms with E-state index in [1.54, 1.807) is 34.4 Å². The van der Waals surface area contributed by atoms with E-state index in [1.165, 1.54) is 16.0 Å². The zero-order valence-electron chi connectivity index (χ0n) is 16.8. The Morgan fingerprint density at radius 2 is 2.00 bits per heavy atom. The second-order valence-electron chi connectivity index (χ2n) is 6.66. The van der Waals surface area contributed by atoms with Gasteiger partial charge in [-0.15, -0.1) is 39.4 Å². The quantitative estimate of drug-likeness (QED) is 0.202. The summed E-state index contributed by atoms with van der Waals surface area (Å²) in [4.78, 5) is 6.10. The smallest absolute Gasteiger partial charge is 0.192 e. The Morgan fingerprint density at radius 3 is 2.77 bits per heavy atom. The van der Waals surface area contributed by atoms with Gasteiger partial charge >= 0.3 is 0 Å². The molecule has 0 amide bonds. The first-order valence-electron chi connectivity index (χ1n) is 9.55. The number of hydrogen-bond donors (Lipinski definition) is 0. The number of nitrogens with zero attached hydrogens (tertiary/aromatic N) is 4. The number of thiazole rings is 1. The molecule has 0 aliphatic rings. The van der Waals surface area contributed by atoms with Crippen molar-refractivity contribution in [3.05, 3.63) is 68.8 Å². The average Bonchev–Trinajstić information content (AvgIpc) is 3.46. The van der Waals surface area contributed by atoms with Gasteiger partial charge in [0.15, 0.2) is 11.0 Å². The van der Waals surface area contributed by atoms with Crippen molar-refractivity contribution in [1.82, 2.24) is 19.7 Å². The Balaban J connectivity index is 1.56. The summed E-state index contributed by atoms with van der Waals surface area (Å²) in [6, 6.07) is 7.80. The molecule has 3 aromatic heterocycles. The predicted molar refractivity (Wildman–Crippen MR) is 130 cm³/mol. The average molecular weight is 473 g/mol. The minimum Gasteiger partial charge on any atom is -0.298 e. The monoisotopic (exact) mass is 472 g/mol. The van der Waals surface area contributed by atoms with Crippen LogP contribution in [0.5, 0.6) is 0 Å². The molecule has 154 valence electrons. The molecule has 3 heterocycles. The van der Waals surface area contributed by atoms with E-state index in [0.717, 1.165) is 44.4 Å². The van der Waals surface area contributed by atoms with Crippen molar-refractivity contribution < 1.29 is 0 Å². The normalized spacial score (nSPS) is 11.2. The molecule has 0 aliphatic heterocycles. The third kappa shape index (κ3) is 4.25. The van der Waals surface area contributed by atoms with Crippen molar-refractivity contribution in [3.63, 3.8) is 0 Å². The Kier molecular flexibility index (Phi) is 6.73. The summed E-state index contributed by atoms with van der Waals surface area (Å²) in [5.41, 5.74) is 4.50. The molecule has 0 unspecified atom stereocenters. The molecule has 0 saturated heterocycles. The van der Waals surface area contributed by atoms with Gasteiger partial charge in [0.25, 0.3) is 0 Å². The van der Waals surface area contributed by atoms with Gasteiger partial charge in [-0.3, -0.25) is 4.57 Å². The van der Waals surface area contributed by atoms with Crippen molar-refractivity contribution in [2.45, 2.75) is 37.7 Å². The maximum atomic E-state index is 6.32. The largest absolute Gasteiger partial charge is 0.298 e. The van der Waals surface area contributed by atoms with Crippen molar-refractivity contribution in [2.24, 2.45) is 0 Å². The van der Waals surface area contributed by atoms with Gasteiger partial charge in [-0.2, -0.15) is 0 Å². The number of benzene rings is 1. The van der Waals surface area contributed by atoms with Crippen molar-refractivity contribution in [2.75, 3.05) is 0 Å². The molecule has 30 heavy (non-hydrogen) atoms.